The molecule has 132 valence electrons. The van der Waals surface area contributed by atoms with Gasteiger partial charge in [-0.15, -0.1) is 5.10 Å². The molecule has 9 heteroatoms. The summed E-state index contributed by atoms with van der Waals surface area (Å²) in [6, 6.07) is 5.67. The SMILES string of the molecule is O=C1CCCN1CCCSc1nnnn1-c1ccc2c(c1)OCCO2. The van der Waals surface area contributed by atoms with Gasteiger partial charge in [-0.3, -0.25) is 4.79 Å². The molecule has 2 aliphatic rings. The number of hydrogen-bond donors (Lipinski definition) is 0. The molecule has 0 N–H and O–H groups in total. The van der Waals surface area contributed by atoms with Gasteiger partial charge in [-0.05, 0) is 35.4 Å². The number of likely N-dealkylation sites (tertiary alicyclic amines) is 1. The molecule has 0 spiro atoms. The number of tetrazole rings is 1. The Kier molecular flexibility index (Phi) is 4.73. The maximum atomic E-state index is 11.6. The van der Waals surface area contributed by atoms with Crippen molar-refractivity contribution in [2.24, 2.45) is 0 Å². The first-order chi connectivity index (χ1) is 12.3. The summed E-state index contributed by atoms with van der Waals surface area (Å²) in [5.41, 5.74) is 0.839. The lowest BCUT2D eigenvalue weighted by Gasteiger charge is -2.18. The average molecular weight is 361 g/mol. The van der Waals surface area contributed by atoms with E-state index in [1.54, 1.807) is 16.4 Å². The molecule has 0 atom stereocenters. The summed E-state index contributed by atoms with van der Waals surface area (Å²) in [7, 11) is 0. The zero-order valence-electron chi connectivity index (χ0n) is 13.8. The molecule has 1 amide bonds. The van der Waals surface area contributed by atoms with Gasteiger partial charge >= 0.3 is 0 Å². The number of ether oxygens (including phenoxy) is 2. The van der Waals surface area contributed by atoms with Crippen molar-refractivity contribution >= 4 is 17.7 Å². The Hall–Kier alpha value is -2.29. The predicted octanol–water partition coefficient (Wildman–Crippen LogP) is 1.54. The topological polar surface area (TPSA) is 82.4 Å². The standard InChI is InChI=1S/C16H19N5O3S/c22-15-3-1-6-20(15)7-2-10-25-16-17-18-19-21(16)12-4-5-13-14(11-12)24-9-8-23-13/h4-5,11H,1-3,6-10H2. The van der Waals surface area contributed by atoms with Crippen LogP contribution in [-0.2, 0) is 4.79 Å². The minimum Gasteiger partial charge on any atom is -0.486 e. The summed E-state index contributed by atoms with van der Waals surface area (Å²) in [5.74, 6) is 2.58. The van der Waals surface area contributed by atoms with Crippen LogP contribution in [0.4, 0.5) is 0 Å². The van der Waals surface area contributed by atoms with Gasteiger partial charge in [0, 0.05) is 31.3 Å². The van der Waals surface area contributed by atoms with Crippen LogP contribution in [0.1, 0.15) is 19.3 Å². The molecule has 1 aromatic heterocycles. The molecule has 0 saturated carbocycles. The summed E-state index contributed by atoms with van der Waals surface area (Å²) in [6.07, 6.45) is 2.59. The van der Waals surface area contributed by atoms with Crippen molar-refractivity contribution in [3.8, 4) is 17.2 Å². The Labute approximate surface area is 149 Å². The molecule has 1 saturated heterocycles. The Balaban J connectivity index is 1.38. The summed E-state index contributed by atoms with van der Waals surface area (Å²) < 4.78 is 12.9. The molecule has 1 aromatic carbocycles. The van der Waals surface area contributed by atoms with E-state index in [0.29, 0.717) is 25.4 Å². The van der Waals surface area contributed by atoms with Crippen LogP contribution in [0.2, 0.25) is 0 Å². The second-order valence-corrected chi connectivity index (χ2v) is 6.95. The normalized spacial score (nSPS) is 16.5. The fourth-order valence-electron chi connectivity index (χ4n) is 2.95. The second kappa shape index (κ2) is 7.30. The van der Waals surface area contributed by atoms with Crippen LogP contribution in [0.15, 0.2) is 23.4 Å². The van der Waals surface area contributed by atoms with Crippen molar-refractivity contribution in [2.75, 3.05) is 32.1 Å². The average Bonchev–Trinajstić information content (AvgIpc) is 3.27. The lowest BCUT2D eigenvalue weighted by Crippen LogP contribution is -2.25. The summed E-state index contributed by atoms with van der Waals surface area (Å²) >= 11 is 1.59. The van der Waals surface area contributed by atoms with Crippen molar-refractivity contribution in [3.05, 3.63) is 18.2 Å². The lowest BCUT2D eigenvalue weighted by molar-refractivity contribution is -0.127. The highest BCUT2D eigenvalue weighted by Gasteiger charge is 2.19. The number of carbonyl (C=O) groups is 1. The Morgan fingerprint density at radius 2 is 2.08 bits per heavy atom. The Morgan fingerprint density at radius 1 is 1.20 bits per heavy atom. The number of benzene rings is 1. The highest BCUT2D eigenvalue weighted by Crippen LogP contribution is 2.32. The molecule has 3 heterocycles. The van der Waals surface area contributed by atoms with Crippen molar-refractivity contribution in [2.45, 2.75) is 24.4 Å². The molecule has 2 aliphatic heterocycles. The van der Waals surface area contributed by atoms with Gasteiger partial charge in [0.1, 0.15) is 13.2 Å². The number of thioether (sulfide) groups is 1. The zero-order valence-corrected chi connectivity index (χ0v) is 14.6. The van der Waals surface area contributed by atoms with Gasteiger partial charge in [-0.1, -0.05) is 11.8 Å². The first kappa shape index (κ1) is 16.2. The van der Waals surface area contributed by atoms with Crippen LogP contribution in [-0.4, -0.2) is 63.1 Å². The number of amides is 1. The van der Waals surface area contributed by atoms with Crippen molar-refractivity contribution in [3.63, 3.8) is 0 Å². The van der Waals surface area contributed by atoms with Crippen molar-refractivity contribution in [1.82, 2.24) is 25.1 Å². The van der Waals surface area contributed by atoms with E-state index in [9.17, 15) is 4.79 Å². The van der Waals surface area contributed by atoms with E-state index in [4.69, 9.17) is 9.47 Å². The third-order valence-electron chi connectivity index (χ3n) is 4.19. The smallest absolute Gasteiger partial charge is 0.222 e. The summed E-state index contributed by atoms with van der Waals surface area (Å²) in [4.78, 5) is 13.5. The van der Waals surface area contributed by atoms with Gasteiger partial charge in [0.2, 0.25) is 11.1 Å². The second-order valence-electron chi connectivity index (χ2n) is 5.89. The van der Waals surface area contributed by atoms with Crippen LogP contribution >= 0.6 is 11.8 Å². The molecule has 0 unspecified atom stereocenters. The fourth-order valence-corrected chi connectivity index (χ4v) is 3.77. The Bertz CT molecular complexity index is 766. The number of rotatable bonds is 6. The number of fused-ring (bicyclic) bond motifs is 1. The van der Waals surface area contributed by atoms with E-state index in [2.05, 4.69) is 15.5 Å². The summed E-state index contributed by atoms with van der Waals surface area (Å²) in [5, 5.41) is 12.7. The lowest BCUT2D eigenvalue weighted by atomic mass is 10.2. The largest absolute Gasteiger partial charge is 0.486 e. The number of aromatic nitrogens is 4. The van der Waals surface area contributed by atoms with Crippen molar-refractivity contribution in [1.29, 1.82) is 0 Å². The zero-order chi connectivity index (χ0) is 17.1. The van der Waals surface area contributed by atoms with E-state index in [1.165, 1.54) is 0 Å². The van der Waals surface area contributed by atoms with Crippen LogP contribution < -0.4 is 9.47 Å². The van der Waals surface area contributed by atoms with E-state index < -0.39 is 0 Å². The molecule has 0 radical (unpaired) electrons. The number of hydrogen-bond acceptors (Lipinski definition) is 7. The van der Waals surface area contributed by atoms with Crippen molar-refractivity contribution < 1.29 is 14.3 Å². The third kappa shape index (κ3) is 3.55. The molecule has 1 fully saturated rings. The monoisotopic (exact) mass is 361 g/mol. The van der Waals surface area contributed by atoms with Crippen LogP contribution in [0.3, 0.4) is 0 Å². The van der Waals surface area contributed by atoms with Crippen LogP contribution in [0.5, 0.6) is 11.5 Å². The number of carbonyl (C=O) groups excluding carboxylic acids is 1. The summed E-state index contributed by atoms with van der Waals surface area (Å²) in [6.45, 7) is 2.80. The van der Waals surface area contributed by atoms with Crippen LogP contribution in [0, 0.1) is 0 Å². The van der Waals surface area contributed by atoms with E-state index in [0.717, 1.165) is 48.3 Å². The van der Waals surface area contributed by atoms with E-state index >= 15 is 0 Å². The van der Waals surface area contributed by atoms with Crippen LogP contribution in [0.25, 0.3) is 5.69 Å². The third-order valence-corrected chi connectivity index (χ3v) is 5.19. The van der Waals surface area contributed by atoms with Gasteiger partial charge < -0.3 is 14.4 Å². The van der Waals surface area contributed by atoms with Gasteiger partial charge in [0.25, 0.3) is 0 Å². The maximum absolute atomic E-state index is 11.6. The van der Waals surface area contributed by atoms with E-state index in [1.807, 2.05) is 23.1 Å². The molecule has 2 aromatic rings. The number of nitrogens with zero attached hydrogens (tertiary/aromatic N) is 5. The fraction of sp³-hybridized carbons (Fsp3) is 0.500. The molecular weight excluding hydrogens is 342 g/mol. The Morgan fingerprint density at radius 3 is 2.92 bits per heavy atom. The van der Waals surface area contributed by atoms with E-state index in [-0.39, 0.29) is 5.91 Å². The minimum absolute atomic E-state index is 0.270. The molecular formula is C16H19N5O3S. The molecule has 25 heavy (non-hydrogen) atoms. The molecule has 0 aliphatic carbocycles. The van der Waals surface area contributed by atoms with Gasteiger partial charge in [-0.2, -0.15) is 4.68 Å². The predicted molar refractivity (Wildman–Crippen MR) is 91.3 cm³/mol. The first-order valence-corrected chi connectivity index (χ1v) is 9.39. The highest BCUT2D eigenvalue weighted by atomic mass is 32.2. The molecule has 4 rings (SSSR count). The van der Waals surface area contributed by atoms with Gasteiger partial charge in [-0.25, -0.2) is 0 Å². The van der Waals surface area contributed by atoms with Gasteiger partial charge in [0.15, 0.2) is 11.5 Å². The van der Waals surface area contributed by atoms with Gasteiger partial charge in [0.05, 0.1) is 5.69 Å². The maximum Gasteiger partial charge on any atom is 0.222 e. The molecule has 8 nitrogen and oxygen atoms in total. The minimum atomic E-state index is 0.270. The highest BCUT2D eigenvalue weighted by molar-refractivity contribution is 7.99. The quantitative estimate of drug-likeness (QED) is 0.570. The first-order valence-electron chi connectivity index (χ1n) is 8.40. The molecule has 0 bridgehead atoms.